The molecule has 0 aliphatic heterocycles. The Morgan fingerprint density at radius 3 is 2.67 bits per heavy atom. The molecule has 2 N–H and O–H groups in total. The molecule has 4 nitrogen and oxygen atoms in total. The average Bonchev–Trinajstić information content (AvgIpc) is 2.95. The maximum absolute atomic E-state index is 11.4. The monoisotopic (exact) mass is 214 g/mol. The number of ether oxygens (including phenoxy) is 1. The number of carbonyl (C=O) groups is 1. The molecule has 0 unspecified atom stereocenters. The van der Waals surface area contributed by atoms with Crippen molar-refractivity contribution < 1.29 is 9.53 Å². The Morgan fingerprint density at radius 1 is 1.47 bits per heavy atom. The molecule has 0 bridgehead atoms. The first-order valence-corrected chi connectivity index (χ1v) is 5.67. The molecule has 1 aliphatic rings. The predicted octanol–water partition coefficient (Wildman–Crippen LogP) is 0.670. The van der Waals surface area contributed by atoms with Crippen LogP contribution in [-0.2, 0) is 9.53 Å². The molecule has 1 saturated carbocycles. The molecule has 1 aliphatic carbocycles. The highest BCUT2D eigenvalue weighted by Gasteiger charge is 2.22. The van der Waals surface area contributed by atoms with Crippen LogP contribution in [-0.4, -0.2) is 37.2 Å². The molecule has 1 fully saturated rings. The van der Waals surface area contributed by atoms with Gasteiger partial charge in [-0.2, -0.15) is 0 Å². The van der Waals surface area contributed by atoms with Crippen LogP contribution >= 0.6 is 0 Å². The molecule has 88 valence electrons. The normalized spacial score (nSPS) is 16.5. The molecule has 0 atom stereocenters. The Kier molecular flexibility index (Phi) is 4.54. The molecule has 0 saturated heterocycles. The minimum atomic E-state index is -0.274. The van der Waals surface area contributed by atoms with Crippen molar-refractivity contribution in [1.29, 1.82) is 0 Å². The van der Waals surface area contributed by atoms with Crippen LogP contribution in [0.1, 0.15) is 33.6 Å². The van der Waals surface area contributed by atoms with Crippen LogP contribution in [0, 0.1) is 0 Å². The lowest BCUT2D eigenvalue weighted by Crippen LogP contribution is -2.43. The summed E-state index contributed by atoms with van der Waals surface area (Å²) < 4.78 is 5.48. The van der Waals surface area contributed by atoms with Gasteiger partial charge in [0.25, 0.3) is 0 Å². The Balaban J connectivity index is 2.08. The van der Waals surface area contributed by atoms with Crippen LogP contribution in [0.3, 0.4) is 0 Å². The van der Waals surface area contributed by atoms with Gasteiger partial charge in [-0.25, -0.2) is 0 Å². The van der Waals surface area contributed by atoms with Crippen LogP contribution < -0.4 is 10.6 Å². The first-order chi connectivity index (χ1) is 7.03. The first kappa shape index (κ1) is 12.5. The molecule has 1 rings (SSSR count). The fourth-order valence-corrected chi connectivity index (χ4v) is 1.34. The quantitative estimate of drug-likeness (QED) is 0.655. The summed E-state index contributed by atoms with van der Waals surface area (Å²) in [5.74, 6) is 0.0506. The van der Waals surface area contributed by atoms with Crippen molar-refractivity contribution >= 4 is 5.91 Å². The Hall–Kier alpha value is -0.610. The van der Waals surface area contributed by atoms with Crippen molar-refractivity contribution in [1.82, 2.24) is 10.6 Å². The summed E-state index contributed by atoms with van der Waals surface area (Å²) in [6.45, 7) is 7.57. The third-order valence-corrected chi connectivity index (χ3v) is 2.37. The molecule has 0 heterocycles. The smallest absolute Gasteiger partial charge is 0.234 e. The van der Waals surface area contributed by atoms with E-state index < -0.39 is 0 Å². The molecule has 0 aromatic rings. The van der Waals surface area contributed by atoms with Gasteiger partial charge in [-0.15, -0.1) is 0 Å². The Bertz CT molecular complexity index is 213. The molecule has 1 amide bonds. The largest absolute Gasteiger partial charge is 0.374 e. The standard InChI is InChI=1S/C11H22N2O2/c1-4-15-11(2,3)8-13-10(14)7-12-9-5-6-9/h9,12H,4-8H2,1-3H3,(H,13,14). The third-order valence-electron chi connectivity index (χ3n) is 2.37. The first-order valence-electron chi connectivity index (χ1n) is 5.67. The van der Waals surface area contributed by atoms with Crippen molar-refractivity contribution in [3.05, 3.63) is 0 Å². The van der Waals surface area contributed by atoms with Gasteiger partial charge < -0.3 is 15.4 Å². The Morgan fingerprint density at radius 2 is 2.13 bits per heavy atom. The van der Waals surface area contributed by atoms with E-state index in [1.54, 1.807) is 0 Å². The summed E-state index contributed by atoms with van der Waals surface area (Å²) in [7, 11) is 0. The average molecular weight is 214 g/mol. The van der Waals surface area contributed by atoms with Crippen LogP contribution in [0.2, 0.25) is 0 Å². The van der Waals surface area contributed by atoms with E-state index in [1.807, 2.05) is 20.8 Å². The van der Waals surface area contributed by atoms with Gasteiger partial charge in [0.2, 0.25) is 5.91 Å². The second kappa shape index (κ2) is 5.47. The highest BCUT2D eigenvalue weighted by atomic mass is 16.5. The molecule has 15 heavy (non-hydrogen) atoms. The molecular weight excluding hydrogens is 192 g/mol. The number of amides is 1. The van der Waals surface area contributed by atoms with Gasteiger partial charge in [-0.1, -0.05) is 0 Å². The van der Waals surface area contributed by atoms with E-state index in [0.717, 1.165) is 0 Å². The second-order valence-electron chi connectivity index (χ2n) is 4.62. The third kappa shape index (κ3) is 5.74. The molecule has 4 heteroatoms. The summed E-state index contributed by atoms with van der Waals surface area (Å²) in [6.07, 6.45) is 2.41. The van der Waals surface area contributed by atoms with E-state index >= 15 is 0 Å². The van der Waals surface area contributed by atoms with Crippen molar-refractivity contribution in [2.24, 2.45) is 0 Å². The number of nitrogens with one attached hydrogen (secondary N) is 2. The maximum atomic E-state index is 11.4. The lowest BCUT2D eigenvalue weighted by Gasteiger charge is -2.24. The molecule has 0 aromatic carbocycles. The zero-order valence-electron chi connectivity index (χ0n) is 9.93. The van der Waals surface area contributed by atoms with Gasteiger partial charge >= 0.3 is 0 Å². The van der Waals surface area contributed by atoms with Gasteiger partial charge in [0, 0.05) is 19.2 Å². The zero-order chi connectivity index (χ0) is 11.3. The van der Waals surface area contributed by atoms with Gasteiger partial charge in [-0.05, 0) is 33.6 Å². The van der Waals surface area contributed by atoms with Crippen LogP contribution in [0.4, 0.5) is 0 Å². The highest BCUT2D eigenvalue weighted by Crippen LogP contribution is 2.17. The number of hydrogen-bond acceptors (Lipinski definition) is 3. The molecule has 0 spiro atoms. The summed E-state index contributed by atoms with van der Waals surface area (Å²) in [4.78, 5) is 11.4. The van der Waals surface area contributed by atoms with Crippen LogP contribution in [0.25, 0.3) is 0 Å². The van der Waals surface area contributed by atoms with Crippen LogP contribution in [0.15, 0.2) is 0 Å². The SMILES string of the molecule is CCOC(C)(C)CNC(=O)CNC1CC1. The van der Waals surface area contributed by atoms with Gasteiger partial charge in [0.1, 0.15) is 0 Å². The second-order valence-corrected chi connectivity index (χ2v) is 4.62. The van der Waals surface area contributed by atoms with E-state index in [-0.39, 0.29) is 11.5 Å². The van der Waals surface area contributed by atoms with Crippen molar-refractivity contribution in [3.8, 4) is 0 Å². The molecule has 0 radical (unpaired) electrons. The summed E-state index contributed by atoms with van der Waals surface area (Å²) in [6, 6.07) is 0.579. The number of carbonyl (C=O) groups excluding carboxylic acids is 1. The Labute approximate surface area is 91.8 Å². The molecule has 0 aromatic heterocycles. The van der Waals surface area contributed by atoms with Crippen molar-refractivity contribution in [2.45, 2.75) is 45.3 Å². The predicted molar refractivity (Wildman–Crippen MR) is 59.7 cm³/mol. The van der Waals surface area contributed by atoms with Gasteiger partial charge in [-0.3, -0.25) is 4.79 Å². The number of rotatable bonds is 7. The lowest BCUT2D eigenvalue weighted by atomic mass is 10.1. The lowest BCUT2D eigenvalue weighted by molar-refractivity contribution is -0.121. The van der Waals surface area contributed by atoms with Crippen molar-refractivity contribution in [2.75, 3.05) is 19.7 Å². The molecular formula is C11H22N2O2. The van der Waals surface area contributed by atoms with E-state index in [1.165, 1.54) is 12.8 Å². The summed E-state index contributed by atoms with van der Waals surface area (Å²) in [5.41, 5.74) is -0.274. The van der Waals surface area contributed by atoms with Gasteiger partial charge in [0.05, 0.1) is 12.1 Å². The van der Waals surface area contributed by atoms with Crippen LogP contribution in [0.5, 0.6) is 0 Å². The fraction of sp³-hybridized carbons (Fsp3) is 0.909. The summed E-state index contributed by atoms with van der Waals surface area (Å²) in [5, 5.41) is 6.04. The minimum absolute atomic E-state index is 0.0506. The van der Waals surface area contributed by atoms with E-state index in [4.69, 9.17) is 4.74 Å². The van der Waals surface area contributed by atoms with Gasteiger partial charge in [0.15, 0.2) is 0 Å². The highest BCUT2D eigenvalue weighted by molar-refractivity contribution is 5.78. The van der Waals surface area contributed by atoms with E-state index in [9.17, 15) is 4.79 Å². The number of hydrogen-bond donors (Lipinski definition) is 2. The summed E-state index contributed by atoms with van der Waals surface area (Å²) >= 11 is 0. The van der Waals surface area contributed by atoms with Crippen molar-refractivity contribution in [3.63, 3.8) is 0 Å². The fourth-order valence-electron chi connectivity index (χ4n) is 1.34. The zero-order valence-corrected chi connectivity index (χ0v) is 9.93. The topological polar surface area (TPSA) is 50.4 Å². The minimum Gasteiger partial charge on any atom is -0.374 e. The van der Waals surface area contributed by atoms with E-state index in [0.29, 0.717) is 25.7 Å². The maximum Gasteiger partial charge on any atom is 0.234 e. The van der Waals surface area contributed by atoms with E-state index in [2.05, 4.69) is 10.6 Å².